The number of hydrogen-bond acceptors (Lipinski definition) is 4. The number of benzene rings is 2. The maximum atomic E-state index is 11.9. The molecule has 0 saturated carbocycles. The molecule has 3 aromatic rings. The van der Waals surface area contributed by atoms with Crippen molar-refractivity contribution in [2.75, 3.05) is 5.75 Å². The van der Waals surface area contributed by atoms with Gasteiger partial charge in [-0.3, -0.25) is 4.79 Å². The van der Waals surface area contributed by atoms with Crippen LogP contribution in [0.4, 0.5) is 0 Å². The number of nitrogens with one attached hydrogen (secondary N) is 1. The van der Waals surface area contributed by atoms with Gasteiger partial charge in [0, 0.05) is 17.9 Å². The second-order valence-electron chi connectivity index (χ2n) is 5.64. The Kier molecular flexibility index (Phi) is 5.90. The van der Waals surface area contributed by atoms with Gasteiger partial charge in [0.15, 0.2) is 0 Å². The van der Waals surface area contributed by atoms with Crippen LogP contribution in [0.2, 0.25) is 0 Å². The number of carbonyl (C=O) groups is 1. The molecule has 0 unspecified atom stereocenters. The minimum atomic E-state index is 0.0262. The standard InChI is InChI=1S/C20H20N2O2S/c1-15-18(22-20(24-15)17-10-6-3-7-11-17)13-25-14-19(23)21-12-16-8-4-2-5-9-16/h2-11H,12-14H2,1H3,(H,21,23). The number of thioether (sulfide) groups is 1. The van der Waals surface area contributed by atoms with E-state index < -0.39 is 0 Å². The number of hydrogen-bond donors (Lipinski definition) is 1. The number of rotatable bonds is 7. The van der Waals surface area contributed by atoms with Crippen LogP contribution in [-0.4, -0.2) is 16.6 Å². The summed E-state index contributed by atoms with van der Waals surface area (Å²) in [7, 11) is 0. The lowest BCUT2D eigenvalue weighted by molar-refractivity contribution is -0.118. The molecule has 0 aliphatic heterocycles. The predicted octanol–water partition coefficient (Wildman–Crippen LogP) is 4.20. The molecule has 0 fully saturated rings. The summed E-state index contributed by atoms with van der Waals surface area (Å²) in [5.41, 5.74) is 2.95. The molecule has 1 amide bonds. The zero-order chi connectivity index (χ0) is 17.5. The normalized spacial score (nSPS) is 10.6. The van der Waals surface area contributed by atoms with E-state index in [1.165, 1.54) is 11.8 Å². The highest BCUT2D eigenvalue weighted by Crippen LogP contribution is 2.23. The van der Waals surface area contributed by atoms with Crippen molar-refractivity contribution < 1.29 is 9.21 Å². The topological polar surface area (TPSA) is 55.1 Å². The second kappa shape index (κ2) is 8.53. The second-order valence-corrected chi connectivity index (χ2v) is 6.63. The van der Waals surface area contributed by atoms with Crippen LogP contribution < -0.4 is 5.32 Å². The van der Waals surface area contributed by atoms with E-state index in [2.05, 4.69) is 10.3 Å². The lowest BCUT2D eigenvalue weighted by atomic mass is 10.2. The maximum absolute atomic E-state index is 11.9. The van der Waals surface area contributed by atoms with E-state index in [0.717, 1.165) is 22.6 Å². The first kappa shape index (κ1) is 17.3. The molecule has 0 radical (unpaired) electrons. The fourth-order valence-corrected chi connectivity index (χ4v) is 3.20. The summed E-state index contributed by atoms with van der Waals surface area (Å²) in [5, 5.41) is 2.93. The van der Waals surface area contributed by atoms with E-state index in [9.17, 15) is 4.79 Å². The van der Waals surface area contributed by atoms with Gasteiger partial charge in [0.05, 0.1) is 11.4 Å². The minimum Gasteiger partial charge on any atom is -0.441 e. The van der Waals surface area contributed by atoms with Crippen molar-refractivity contribution in [2.24, 2.45) is 0 Å². The molecule has 25 heavy (non-hydrogen) atoms. The first-order valence-corrected chi connectivity index (χ1v) is 9.28. The summed E-state index contributed by atoms with van der Waals surface area (Å²) in [6, 6.07) is 19.7. The van der Waals surface area contributed by atoms with Crippen molar-refractivity contribution in [3.8, 4) is 11.5 Å². The fraction of sp³-hybridized carbons (Fsp3) is 0.200. The summed E-state index contributed by atoms with van der Waals surface area (Å²) in [4.78, 5) is 16.5. The molecule has 128 valence electrons. The summed E-state index contributed by atoms with van der Waals surface area (Å²) in [6.45, 7) is 2.46. The molecule has 0 spiro atoms. The molecule has 0 atom stereocenters. The van der Waals surface area contributed by atoms with Crippen molar-refractivity contribution in [1.29, 1.82) is 0 Å². The monoisotopic (exact) mass is 352 g/mol. The van der Waals surface area contributed by atoms with Crippen molar-refractivity contribution in [3.63, 3.8) is 0 Å². The van der Waals surface area contributed by atoms with E-state index in [4.69, 9.17) is 4.42 Å². The van der Waals surface area contributed by atoms with Crippen molar-refractivity contribution in [1.82, 2.24) is 10.3 Å². The third kappa shape index (κ3) is 4.97. The smallest absolute Gasteiger partial charge is 0.230 e. The summed E-state index contributed by atoms with van der Waals surface area (Å²) >= 11 is 1.54. The van der Waals surface area contributed by atoms with Gasteiger partial charge in [-0.25, -0.2) is 4.98 Å². The van der Waals surface area contributed by atoms with Crippen molar-refractivity contribution >= 4 is 17.7 Å². The first-order valence-electron chi connectivity index (χ1n) is 8.12. The Morgan fingerprint density at radius 1 is 1.08 bits per heavy atom. The van der Waals surface area contributed by atoms with Crippen LogP contribution in [0, 0.1) is 6.92 Å². The van der Waals surface area contributed by atoms with E-state index >= 15 is 0 Å². The van der Waals surface area contributed by atoms with Crippen LogP contribution in [-0.2, 0) is 17.1 Å². The van der Waals surface area contributed by atoms with Crippen LogP contribution in [0.3, 0.4) is 0 Å². The number of aryl methyl sites for hydroxylation is 1. The van der Waals surface area contributed by atoms with Crippen LogP contribution in [0.1, 0.15) is 17.0 Å². The highest BCUT2D eigenvalue weighted by molar-refractivity contribution is 7.99. The van der Waals surface area contributed by atoms with Gasteiger partial charge in [-0.1, -0.05) is 48.5 Å². The molecule has 4 nitrogen and oxygen atoms in total. The van der Waals surface area contributed by atoms with Crippen LogP contribution in [0.25, 0.3) is 11.5 Å². The Morgan fingerprint density at radius 2 is 1.76 bits per heavy atom. The fourth-order valence-electron chi connectivity index (χ4n) is 2.35. The zero-order valence-corrected chi connectivity index (χ0v) is 14.9. The van der Waals surface area contributed by atoms with E-state index in [-0.39, 0.29) is 5.91 Å². The van der Waals surface area contributed by atoms with E-state index in [0.29, 0.717) is 23.9 Å². The number of oxazole rings is 1. The largest absolute Gasteiger partial charge is 0.441 e. The minimum absolute atomic E-state index is 0.0262. The van der Waals surface area contributed by atoms with Gasteiger partial charge in [-0.05, 0) is 24.6 Å². The highest BCUT2D eigenvalue weighted by atomic mass is 32.2. The van der Waals surface area contributed by atoms with Crippen LogP contribution in [0.5, 0.6) is 0 Å². The summed E-state index contributed by atoms with van der Waals surface area (Å²) in [5.74, 6) is 2.51. The van der Waals surface area contributed by atoms with Gasteiger partial charge in [0.25, 0.3) is 0 Å². The number of carbonyl (C=O) groups excluding carboxylic acids is 1. The predicted molar refractivity (Wildman–Crippen MR) is 101 cm³/mol. The molecule has 0 bridgehead atoms. The van der Waals surface area contributed by atoms with E-state index in [1.54, 1.807) is 0 Å². The van der Waals surface area contributed by atoms with Crippen LogP contribution >= 0.6 is 11.8 Å². The third-order valence-electron chi connectivity index (χ3n) is 3.72. The Labute approximate surface area is 151 Å². The average molecular weight is 352 g/mol. The Hall–Kier alpha value is -2.53. The number of aromatic nitrogens is 1. The Balaban J connectivity index is 1.47. The van der Waals surface area contributed by atoms with Gasteiger partial charge >= 0.3 is 0 Å². The molecule has 1 N–H and O–H groups in total. The van der Waals surface area contributed by atoms with Gasteiger partial charge in [-0.2, -0.15) is 0 Å². The molecule has 1 aromatic heterocycles. The lowest BCUT2D eigenvalue weighted by Gasteiger charge is -2.04. The summed E-state index contributed by atoms with van der Waals surface area (Å²) < 4.78 is 5.74. The molecule has 0 aliphatic carbocycles. The van der Waals surface area contributed by atoms with Gasteiger partial charge in [0.1, 0.15) is 5.76 Å². The molecule has 2 aromatic carbocycles. The van der Waals surface area contributed by atoms with Gasteiger partial charge in [-0.15, -0.1) is 11.8 Å². The first-order chi connectivity index (χ1) is 12.2. The summed E-state index contributed by atoms with van der Waals surface area (Å²) in [6.07, 6.45) is 0. The van der Waals surface area contributed by atoms with Crippen LogP contribution in [0.15, 0.2) is 65.1 Å². The Morgan fingerprint density at radius 3 is 2.48 bits per heavy atom. The molecule has 0 aliphatic rings. The molecular weight excluding hydrogens is 332 g/mol. The third-order valence-corrected chi connectivity index (χ3v) is 4.66. The Bertz CT molecular complexity index is 816. The highest BCUT2D eigenvalue weighted by Gasteiger charge is 2.12. The van der Waals surface area contributed by atoms with E-state index in [1.807, 2.05) is 67.6 Å². The molecule has 3 rings (SSSR count). The number of amides is 1. The quantitative estimate of drug-likeness (QED) is 0.692. The lowest BCUT2D eigenvalue weighted by Crippen LogP contribution is -2.24. The molecular formula is C20H20N2O2S. The molecule has 5 heteroatoms. The van der Waals surface area contributed by atoms with Gasteiger partial charge < -0.3 is 9.73 Å². The zero-order valence-electron chi connectivity index (χ0n) is 14.1. The molecule has 0 saturated heterocycles. The SMILES string of the molecule is Cc1oc(-c2ccccc2)nc1CSCC(=O)NCc1ccccc1. The average Bonchev–Trinajstić information content (AvgIpc) is 3.02. The van der Waals surface area contributed by atoms with Crippen molar-refractivity contribution in [2.45, 2.75) is 19.2 Å². The van der Waals surface area contributed by atoms with Crippen molar-refractivity contribution in [3.05, 3.63) is 77.7 Å². The number of nitrogens with zero attached hydrogens (tertiary/aromatic N) is 1. The van der Waals surface area contributed by atoms with Gasteiger partial charge in [0.2, 0.25) is 11.8 Å². The maximum Gasteiger partial charge on any atom is 0.230 e. The molecule has 1 heterocycles.